The molecule has 164 valence electrons. The first-order valence-corrected chi connectivity index (χ1v) is 9.68. The monoisotopic (exact) mass is 440 g/mol. The smallest absolute Gasteiger partial charge is 0.357 e. The molecule has 0 spiro atoms. The Morgan fingerprint density at radius 1 is 1.12 bits per heavy atom. The third-order valence-electron chi connectivity index (χ3n) is 4.87. The molecule has 0 saturated carbocycles. The number of carbonyl (C=O) groups excluding carboxylic acids is 1. The highest BCUT2D eigenvalue weighted by atomic mass is 19.4. The molecule has 0 bridgehead atoms. The Hall–Kier alpha value is -3.95. The number of alkyl halides is 3. The van der Waals surface area contributed by atoms with Crippen LogP contribution in [-0.4, -0.2) is 32.7 Å². The molecule has 4 aromatic rings. The van der Waals surface area contributed by atoms with Gasteiger partial charge in [0.25, 0.3) is 0 Å². The summed E-state index contributed by atoms with van der Waals surface area (Å²) < 4.78 is 40.2. The number of benzene rings is 2. The molecule has 1 amide bonds. The third kappa shape index (κ3) is 4.53. The maximum atomic E-state index is 12.9. The Balaban J connectivity index is 1.51. The molecule has 0 fully saturated rings. The van der Waals surface area contributed by atoms with Gasteiger partial charge in [0.1, 0.15) is 0 Å². The van der Waals surface area contributed by atoms with Gasteiger partial charge in [-0.25, -0.2) is 9.97 Å². The lowest BCUT2D eigenvalue weighted by Crippen LogP contribution is -2.15. The fourth-order valence-electron chi connectivity index (χ4n) is 3.34. The fraction of sp³-hybridized carbons (Fsp3) is 0.182. The van der Waals surface area contributed by atoms with E-state index in [1.165, 1.54) is 12.1 Å². The summed E-state index contributed by atoms with van der Waals surface area (Å²) in [5.74, 6) is 0.374. The van der Waals surface area contributed by atoms with Gasteiger partial charge in [0, 0.05) is 37.3 Å². The van der Waals surface area contributed by atoms with E-state index in [0.717, 1.165) is 34.3 Å². The Morgan fingerprint density at radius 3 is 2.69 bits per heavy atom. The van der Waals surface area contributed by atoms with Gasteiger partial charge in [-0.2, -0.15) is 18.3 Å². The molecule has 0 unspecified atom stereocenters. The van der Waals surface area contributed by atoms with Crippen molar-refractivity contribution in [1.82, 2.24) is 19.7 Å². The van der Waals surface area contributed by atoms with Crippen molar-refractivity contribution in [3.8, 4) is 11.3 Å². The van der Waals surface area contributed by atoms with Crippen LogP contribution in [0.5, 0.6) is 0 Å². The number of carbonyl (C=O) groups is 1. The number of hydrogen-bond donors (Lipinski definition) is 2. The van der Waals surface area contributed by atoms with Gasteiger partial charge in [0.2, 0.25) is 11.9 Å². The summed E-state index contributed by atoms with van der Waals surface area (Å²) in [5, 5.41) is 10.7. The largest absolute Gasteiger partial charge is 0.416 e. The van der Waals surface area contributed by atoms with Crippen LogP contribution in [0.4, 0.5) is 24.9 Å². The molecule has 2 N–H and O–H groups in total. The summed E-state index contributed by atoms with van der Waals surface area (Å²) in [6.07, 6.45) is -2.94. The fourth-order valence-corrected chi connectivity index (χ4v) is 3.34. The molecule has 0 aliphatic rings. The van der Waals surface area contributed by atoms with Gasteiger partial charge < -0.3 is 10.6 Å². The van der Waals surface area contributed by atoms with Gasteiger partial charge in [-0.15, -0.1) is 0 Å². The van der Waals surface area contributed by atoms with Crippen LogP contribution < -0.4 is 10.6 Å². The van der Waals surface area contributed by atoms with Crippen LogP contribution in [0, 0.1) is 0 Å². The lowest BCUT2D eigenvalue weighted by molar-refractivity contribution is -0.137. The number of anilines is 2. The van der Waals surface area contributed by atoms with Crippen LogP contribution >= 0.6 is 0 Å². The van der Waals surface area contributed by atoms with Crippen LogP contribution in [0.15, 0.2) is 54.7 Å². The zero-order chi connectivity index (χ0) is 22.9. The number of nitrogens with one attached hydrogen (secondary N) is 2. The molecule has 10 heteroatoms. The van der Waals surface area contributed by atoms with E-state index < -0.39 is 17.6 Å². The minimum atomic E-state index is -4.46. The summed E-state index contributed by atoms with van der Waals surface area (Å²) >= 11 is 0. The summed E-state index contributed by atoms with van der Waals surface area (Å²) in [6, 6.07) is 12.1. The third-order valence-corrected chi connectivity index (χ3v) is 4.87. The summed E-state index contributed by atoms with van der Waals surface area (Å²) in [5.41, 5.74) is 1.87. The van der Waals surface area contributed by atoms with Gasteiger partial charge in [-0.3, -0.25) is 9.48 Å². The van der Waals surface area contributed by atoms with Crippen molar-refractivity contribution in [3.63, 3.8) is 0 Å². The van der Waals surface area contributed by atoms with E-state index in [9.17, 15) is 18.0 Å². The molecule has 2 aromatic carbocycles. The van der Waals surface area contributed by atoms with Crippen LogP contribution in [0.1, 0.15) is 11.1 Å². The van der Waals surface area contributed by atoms with Crippen molar-refractivity contribution < 1.29 is 18.0 Å². The maximum Gasteiger partial charge on any atom is 0.416 e. The van der Waals surface area contributed by atoms with E-state index in [1.54, 1.807) is 31.0 Å². The van der Waals surface area contributed by atoms with E-state index in [4.69, 9.17) is 0 Å². The Kier molecular flexibility index (Phi) is 5.52. The second kappa shape index (κ2) is 8.29. The predicted molar refractivity (Wildman–Crippen MR) is 115 cm³/mol. The lowest BCUT2D eigenvalue weighted by Gasteiger charge is -2.08. The van der Waals surface area contributed by atoms with Gasteiger partial charge in [0.05, 0.1) is 23.2 Å². The Labute approximate surface area is 181 Å². The van der Waals surface area contributed by atoms with Gasteiger partial charge >= 0.3 is 6.18 Å². The molecular formula is C22H19F3N6O. The van der Waals surface area contributed by atoms with E-state index in [2.05, 4.69) is 25.7 Å². The number of aromatic nitrogens is 4. The molecule has 7 nitrogen and oxygen atoms in total. The van der Waals surface area contributed by atoms with Crippen LogP contribution in [0.2, 0.25) is 0 Å². The van der Waals surface area contributed by atoms with Crippen molar-refractivity contribution in [3.05, 3.63) is 65.9 Å². The van der Waals surface area contributed by atoms with Crippen LogP contribution in [0.3, 0.4) is 0 Å². The molecule has 2 aromatic heterocycles. The molecule has 4 rings (SSSR count). The maximum absolute atomic E-state index is 12.9. The van der Waals surface area contributed by atoms with Crippen molar-refractivity contribution in [2.75, 3.05) is 17.7 Å². The van der Waals surface area contributed by atoms with Crippen LogP contribution in [0.25, 0.3) is 22.2 Å². The first-order valence-electron chi connectivity index (χ1n) is 9.68. The Bertz CT molecular complexity index is 1300. The second-order valence-electron chi connectivity index (χ2n) is 7.18. The standard InChI is InChI=1S/C22H19F3N6O/c1-26-21-27-12-15-10-14(6-7-17(15)28-21)18-11-19(30-31(18)2)29-20(32)9-13-4-3-5-16(8-13)22(23,24)25/h3-8,10-12H,9H2,1-2H3,(H,26,27,28)(H,29,30,32). The molecule has 0 saturated heterocycles. The number of aryl methyl sites for hydroxylation is 1. The molecule has 0 aliphatic carbocycles. The normalized spacial score (nSPS) is 11.5. The zero-order valence-corrected chi connectivity index (χ0v) is 17.2. The highest BCUT2D eigenvalue weighted by Gasteiger charge is 2.30. The second-order valence-corrected chi connectivity index (χ2v) is 7.18. The van der Waals surface area contributed by atoms with Crippen molar-refractivity contribution in [1.29, 1.82) is 0 Å². The SMILES string of the molecule is CNc1ncc2cc(-c3cc(NC(=O)Cc4cccc(C(F)(F)F)c4)nn3C)ccc2n1. The number of nitrogens with zero attached hydrogens (tertiary/aromatic N) is 4. The minimum Gasteiger partial charge on any atom is -0.357 e. The average Bonchev–Trinajstić information content (AvgIpc) is 3.12. The zero-order valence-electron chi connectivity index (χ0n) is 17.2. The van der Waals surface area contributed by atoms with Crippen molar-refractivity contribution >= 4 is 28.6 Å². The molecular weight excluding hydrogens is 421 g/mol. The Morgan fingerprint density at radius 2 is 1.94 bits per heavy atom. The molecule has 0 radical (unpaired) electrons. The predicted octanol–water partition coefficient (Wildman–Crippen LogP) is 4.27. The topological polar surface area (TPSA) is 84.7 Å². The molecule has 2 heterocycles. The number of amides is 1. The number of halogens is 3. The average molecular weight is 440 g/mol. The quantitative estimate of drug-likeness (QED) is 0.484. The van der Waals surface area contributed by atoms with Gasteiger partial charge in [0.15, 0.2) is 5.82 Å². The number of rotatable bonds is 5. The van der Waals surface area contributed by atoms with Crippen molar-refractivity contribution in [2.24, 2.45) is 7.05 Å². The molecule has 0 aliphatic heterocycles. The number of fused-ring (bicyclic) bond motifs is 1. The van der Waals surface area contributed by atoms with E-state index in [1.807, 2.05) is 18.2 Å². The highest BCUT2D eigenvalue weighted by Crippen LogP contribution is 2.30. The van der Waals surface area contributed by atoms with Gasteiger partial charge in [-0.1, -0.05) is 24.3 Å². The van der Waals surface area contributed by atoms with E-state index in [-0.39, 0.29) is 12.0 Å². The first kappa shape index (κ1) is 21.3. The molecule has 0 atom stereocenters. The van der Waals surface area contributed by atoms with Crippen molar-refractivity contribution in [2.45, 2.75) is 12.6 Å². The first-order chi connectivity index (χ1) is 15.2. The van der Waals surface area contributed by atoms with E-state index in [0.29, 0.717) is 11.8 Å². The summed E-state index contributed by atoms with van der Waals surface area (Å²) in [7, 11) is 3.48. The molecule has 32 heavy (non-hydrogen) atoms. The van der Waals surface area contributed by atoms with E-state index >= 15 is 0 Å². The number of hydrogen-bond acceptors (Lipinski definition) is 5. The lowest BCUT2D eigenvalue weighted by atomic mass is 10.1. The highest BCUT2D eigenvalue weighted by molar-refractivity contribution is 5.92. The summed E-state index contributed by atoms with van der Waals surface area (Å²) in [6.45, 7) is 0. The van der Waals surface area contributed by atoms with Gasteiger partial charge in [-0.05, 0) is 23.8 Å². The van der Waals surface area contributed by atoms with Crippen LogP contribution in [-0.2, 0) is 24.4 Å². The minimum absolute atomic E-state index is 0.197. The summed E-state index contributed by atoms with van der Waals surface area (Å²) in [4.78, 5) is 21.0.